The van der Waals surface area contributed by atoms with Gasteiger partial charge in [-0.15, -0.1) is 0 Å². The molecule has 49 heavy (non-hydrogen) atoms. The summed E-state index contributed by atoms with van der Waals surface area (Å²) in [4.78, 5) is 8.82. The number of nitrogens with zero attached hydrogens (tertiary/aromatic N) is 2. The lowest BCUT2D eigenvalue weighted by Gasteiger charge is -2.19. The molecule has 0 aliphatic rings. The molecule has 0 fully saturated rings. The molecule has 0 aliphatic carbocycles. The summed E-state index contributed by atoms with van der Waals surface area (Å²) in [5.41, 5.74) is 8.42. The molecule has 7 aromatic rings. The van der Waals surface area contributed by atoms with Crippen molar-refractivity contribution in [3.05, 3.63) is 135 Å². The van der Waals surface area contributed by atoms with Gasteiger partial charge in [0.05, 0.1) is 20.3 Å². The standard InChI is InChI=1S/C21H19BrFNO.C21H18BrNO/c1-21(2,3)14-9-7-13(8-10-14)18-12-11-16(20(23)24-18)15-5-4-6-17(22)19(15)25;1-21(2,3)14-9-7-13(8-10-14)18-12-11-16-15-5-4-6-17(22)19(15)24-20(16)23-18/h4-12,25H,1-3H3;4-12H,1-3H3. The molecule has 0 radical (unpaired) electrons. The summed E-state index contributed by atoms with van der Waals surface area (Å²) in [7, 11) is 0. The van der Waals surface area contributed by atoms with E-state index in [2.05, 4.69) is 121 Å². The Hall–Kier alpha value is -4.33. The molecule has 0 unspecified atom stereocenters. The average Bonchev–Trinajstić information content (AvgIpc) is 3.45. The van der Waals surface area contributed by atoms with E-state index in [9.17, 15) is 9.50 Å². The normalized spacial score (nSPS) is 11.9. The van der Waals surface area contributed by atoms with Crippen LogP contribution >= 0.6 is 31.9 Å². The molecule has 0 amide bonds. The lowest BCUT2D eigenvalue weighted by atomic mass is 9.86. The van der Waals surface area contributed by atoms with Crippen LogP contribution in [0.15, 0.2) is 123 Å². The fourth-order valence-corrected chi connectivity index (χ4v) is 6.43. The molecule has 0 atom stereocenters. The van der Waals surface area contributed by atoms with Crippen molar-refractivity contribution in [1.29, 1.82) is 0 Å². The van der Waals surface area contributed by atoms with Crippen LogP contribution in [0.1, 0.15) is 52.7 Å². The van der Waals surface area contributed by atoms with Gasteiger partial charge in [-0.3, -0.25) is 0 Å². The second-order valence-corrected chi connectivity index (χ2v) is 15.8. The van der Waals surface area contributed by atoms with E-state index in [-0.39, 0.29) is 22.1 Å². The highest BCUT2D eigenvalue weighted by atomic mass is 79.9. The number of fused-ring (bicyclic) bond motifs is 3. The molecule has 248 valence electrons. The largest absolute Gasteiger partial charge is 0.506 e. The first-order valence-corrected chi connectivity index (χ1v) is 17.6. The van der Waals surface area contributed by atoms with Crippen LogP contribution in [-0.4, -0.2) is 15.1 Å². The van der Waals surface area contributed by atoms with Crippen molar-refractivity contribution in [2.75, 3.05) is 0 Å². The Bertz CT molecular complexity index is 2280. The molecule has 3 aromatic heterocycles. The average molecular weight is 781 g/mol. The van der Waals surface area contributed by atoms with Gasteiger partial charge in [0.25, 0.3) is 0 Å². The zero-order chi connectivity index (χ0) is 35.1. The predicted octanol–water partition coefficient (Wildman–Crippen LogP) is 13.0. The van der Waals surface area contributed by atoms with Crippen molar-refractivity contribution in [2.45, 2.75) is 52.4 Å². The predicted molar refractivity (Wildman–Crippen MR) is 206 cm³/mol. The molecule has 4 aromatic carbocycles. The van der Waals surface area contributed by atoms with Crippen LogP contribution in [0.3, 0.4) is 0 Å². The van der Waals surface area contributed by atoms with Crippen molar-refractivity contribution in [3.8, 4) is 39.4 Å². The van der Waals surface area contributed by atoms with Crippen molar-refractivity contribution >= 4 is 53.9 Å². The number of para-hydroxylation sites is 2. The van der Waals surface area contributed by atoms with E-state index in [1.54, 1.807) is 30.3 Å². The maximum Gasteiger partial charge on any atom is 0.227 e. The third kappa shape index (κ3) is 7.34. The molecule has 0 saturated heterocycles. The van der Waals surface area contributed by atoms with Gasteiger partial charge >= 0.3 is 0 Å². The Morgan fingerprint density at radius 2 is 1.10 bits per heavy atom. The molecule has 0 spiro atoms. The first-order valence-electron chi connectivity index (χ1n) is 16.0. The van der Waals surface area contributed by atoms with E-state index in [0.29, 0.717) is 21.4 Å². The summed E-state index contributed by atoms with van der Waals surface area (Å²) < 4.78 is 22.0. The summed E-state index contributed by atoms with van der Waals surface area (Å²) >= 11 is 6.79. The van der Waals surface area contributed by atoms with Crippen molar-refractivity contribution in [2.24, 2.45) is 0 Å². The number of pyridine rings is 2. The van der Waals surface area contributed by atoms with Crippen LogP contribution < -0.4 is 0 Å². The number of benzene rings is 4. The summed E-state index contributed by atoms with van der Waals surface area (Å²) in [6.07, 6.45) is 0. The number of aromatic hydroxyl groups is 1. The number of aromatic nitrogens is 2. The van der Waals surface area contributed by atoms with Crippen LogP contribution in [0.25, 0.3) is 55.7 Å². The molecule has 0 saturated carbocycles. The monoisotopic (exact) mass is 778 g/mol. The minimum atomic E-state index is -0.606. The van der Waals surface area contributed by atoms with Gasteiger partial charge in [-0.05, 0) is 90.2 Å². The fourth-order valence-electron chi connectivity index (χ4n) is 5.62. The number of hydrogen-bond donors (Lipinski definition) is 1. The van der Waals surface area contributed by atoms with Crippen LogP contribution in [0, 0.1) is 5.95 Å². The Labute approximate surface area is 303 Å². The van der Waals surface area contributed by atoms with Crippen LogP contribution in [0.5, 0.6) is 5.75 Å². The third-order valence-electron chi connectivity index (χ3n) is 8.54. The molecule has 4 nitrogen and oxygen atoms in total. The van der Waals surface area contributed by atoms with Crippen molar-refractivity contribution < 1.29 is 13.9 Å². The summed E-state index contributed by atoms with van der Waals surface area (Å²) in [5, 5.41) is 12.3. The lowest BCUT2D eigenvalue weighted by molar-refractivity contribution is 0.473. The Balaban J connectivity index is 0.000000170. The highest BCUT2D eigenvalue weighted by molar-refractivity contribution is 9.11. The minimum Gasteiger partial charge on any atom is -0.506 e. The maximum atomic E-state index is 14.6. The number of phenolic OH excluding ortho intramolecular Hbond substituents is 1. The number of furan rings is 1. The first kappa shape index (κ1) is 34.5. The van der Waals surface area contributed by atoms with Gasteiger partial charge in [0.15, 0.2) is 5.58 Å². The lowest BCUT2D eigenvalue weighted by Crippen LogP contribution is -2.10. The number of phenols is 1. The molecule has 1 N–H and O–H groups in total. The first-order chi connectivity index (χ1) is 23.2. The topological polar surface area (TPSA) is 59.2 Å². The second kappa shape index (κ2) is 13.5. The molecule has 0 aliphatic heterocycles. The fraction of sp³-hybridized carbons (Fsp3) is 0.190. The number of halogens is 3. The van der Waals surface area contributed by atoms with Gasteiger partial charge in [0, 0.05) is 33.0 Å². The zero-order valence-electron chi connectivity index (χ0n) is 28.3. The van der Waals surface area contributed by atoms with E-state index in [0.717, 1.165) is 37.6 Å². The van der Waals surface area contributed by atoms with Gasteiger partial charge in [-0.25, -0.2) is 9.97 Å². The van der Waals surface area contributed by atoms with Gasteiger partial charge in [-0.2, -0.15) is 4.39 Å². The van der Waals surface area contributed by atoms with E-state index < -0.39 is 5.95 Å². The van der Waals surface area contributed by atoms with E-state index >= 15 is 0 Å². The van der Waals surface area contributed by atoms with Gasteiger partial charge in [0.1, 0.15) is 5.75 Å². The molecular formula is C42H37Br2FN2O2. The molecule has 7 rings (SSSR count). The van der Waals surface area contributed by atoms with Crippen molar-refractivity contribution in [3.63, 3.8) is 0 Å². The zero-order valence-corrected chi connectivity index (χ0v) is 31.4. The van der Waals surface area contributed by atoms with Crippen molar-refractivity contribution in [1.82, 2.24) is 9.97 Å². The molecular weight excluding hydrogens is 743 g/mol. The van der Waals surface area contributed by atoms with Gasteiger partial charge in [0.2, 0.25) is 11.7 Å². The minimum absolute atomic E-state index is 0.00507. The summed E-state index contributed by atoms with van der Waals surface area (Å²) in [5.74, 6) is -0.601. The SMILES string of the molecule is CC(C)(C)c1ccc(-c2ccc(-c3cccc(Br)c3O)c(F)n2)cc1.CC(C)(C)c1ccc(-c2ccc3c(n2)oc2c(Br)cccc23)cc1. The molecule has 3 heterocycles. The maximum absolute atomic E-state index is 14.6. The third-order valence-corrected chi connectivity index (χ3v) is 9.80. The Morgan fingerprint density at radius 3 is 1.67 bits per heavy atom. The smallest absolute Gasteiger partial charge is 0.227 e. The Kier molecular flexibility index (Phi) is 9.53. The van der Waals surface area contributed by atoms with Gasteiger partial charge in [-0.1, -0.05) is 114 Å². The van der Waals surface area contributed by atoms with Crippen LogP contribution in [0.2, 0.25) is 0 Å². The molecule has 0 bridgehead atoms. The highest BCUT2D eigenvalue weighted by Gasteiger charge is 2.17. The summed E-state index contributed by atoms with van der Waals surface area (Å²) in [6.45, 7) is 13.1. The van der Waals surface area contributed by atoms with Crippen LogP contribution in [0.4, 0.5) is 4.39 Å². The quantitative estimate of drug-likeness (QED) is 0.181. The van der Waals surface area contributed by atoms with Gasteiger partial charge < -0.3 is 9.52 Å². The van der Waals surface area contributed by atoms with E-state index in [1.165, 1.54) is 11.1 Å². The second-order valence-electron chi connectivity index (χ2n) is 14.1. The Morgan fingerprint density at radius 1 is 0.571 bits per heavy atom. The molecule has 7 heteroatoms. The highest BCUT2D eigenvalue weighted by Crippen LogP contribution is 2.37. The van der Waals surface area contributed by atoms with E-state index in [1.807, 2.05) is 36.4 Å². The van der Waals surface area contributed by atoms with Crippen LogP contribution in [-0.2, 0) is 10.8 Å². The number of hydrogen-bond acceptors (Lipinski definition) is 4. The number of rotatable bonds is 3. The van der Waals surface area contributed by atoms with E-state index in [4.69, 9.17) is 9.40 Å². The summed E-state index contributed by atoms with van der Waals surface area (Å²) in [6, 6.07) is 35.4.